The zero-order valence-electron chi connectivity index (χ0n) is 74.5. The van der Waals surface area contributed by atoms with Crippen LogP contribution in [0.25, 0.3) is 144 Å². The molecule has 8 heterocycles. The van der Waals surface area contributed by atoms with Gasteiger partial charge in [0.1, 0.15) is 5.00 Å². The van der Waals surface area contributed by atoms with E-state index in [9.17, 15) is 16.8 Å². The molecule has 131 heavy (non-hydrogen) atoms. The summed E-state index contributed by atoms with van der Waals surface area (Å²) >= 11 is 3.30. The van der Waals surface area contributed by atoms with Gasteiger partial charge >= 0.3 is 0 Å². The van der Waals surface area contributed by atoms with E-state index in [1.165, 1.54) is 95.7 Å². The fourth-order valence-corrected chi connectivity index (χ4v) is 26.1. The minimum atomic E-state index is -4.13. The first-order chi connectivity index (χ1) is 63.1. The van der Waals surface area contributed by atoms with Crippen LogP contribution in [0.15, 0.2) is 347 Å². The topological polar surface area (TPSA) is 159 Å². The SMILES string of the molecule is CC(C)(C)c1ccc2c(c1)-c1cc(C(C)(C)C)ccc1C2c1sc(-c2ccc3c(c2)S(=O)(=O)c2ccccc2S3(=O)=O)cc1N1c2ccccc2C(C)(C)c2ccccc21.Cc1ccc2c(c1)c1cc(C)ccc1n2-c1sc(-c2nc(-c3ccccc3)nc(-c3ccccc3)n2)c(-c2nc(-c3ccccc3)nc(-c3ccccc3)n2)c1-n1c2ccc(C)cc2c2cc(C)ccc21. The van der Waals surface area contributed by atoms with E-state index in [0.29, 0.717) is 40.5 Å². The van der Waals surface area contributed by atoms with Crippen LogP contribution in [0.1, 0.15) is 122 Å². The summed E-state index contributed by atoms with van der Waals surface area (Å²) in [7, 11) is -8.19. The molecule has 23 rings (SSSR count). The molecular formula is C114H91N9O4S4. The summed E-state index contributed by atoms with van der Waals surface area (Å²) in [4.78, 5) is 36.8. The van der Waals surface area contributed by atoms with E-state index in [1.807, 2.05) is 72.8 Å². The van der Waals surface area contributed by atoms with Crippen LogP contribution >= 0.6 is 22.7 Å². The van der Waals surface area contributed by atoms with Gasteiger partial charge in [-0.15, -0.1) is 22.7 Å². The van der Waals surface area contributed by atoms with Gasteiger partial charge < -0.3 is 9.47 Å². The minimum absolute atomic E-state index is 0.0506. The van der Waals surface area contributed by atoms with Gasteiger partial charge in [0.15, 0.2) is 34.9 Å². The molecule has 2 aliphatic heterocycles. The van der Waals surface area contributed by atoms with Gasteiger partial charge in [0.05, 0.1) is 74.8 Å². The van der Waals surface area contributed by atoms with Gasteiger partial charge in [0.2, 0.25) is 19.7 Å². The van der Waals surface area contributed by atoms with Crippen molar-refractivity contribution in [2.45, 2.75) is 125 Å². The van der Waals surface area contributed by atoms with E-state index in [1.54, 1.807) is 46.9 Å². The molecule has 0 N–H and O–H groups in total. The number of hydrogen-bond acceptors (Lipinski definition) is 13. The van der Waals surface area contributed by atoms with Gasteiger partial charge in [-0.05, 0) is 180 Å². The summed E-state index contributed by atoms with van der Waals surface area (Å²) in [6.07, 6.45) is 0. The average Bonchev–Trinajstić information content (AvgIpc) is 1.63. The Morgan fingerprint density at radius 2 is 0.695 bits per heavy atom. The number of anilines is 3. The van der Waals surface area contributed by atoms with E-state index >= 15 is 0 Å². The van der Waals surface area contributed by atoms with E-state index in [-0.39, 0.29) is 41.7 Å². The smallest absolute Gasteiger partial charge is 0.209 e. The van der Waals surface area contributed by atoms with Crippen molar-refractivity contribution in [3.05, 3.63) is 388 Å². The highest BCUT2D eigenvalue weighted by Crippen LogP contribution is 2.61. The largest absolute Gasteiger partial charge is 0.309 e. The number of nitrogens with zero attached hydrogens (tertiary/aromatic N) is 9. The highest BCUT2D eigenvalue weighted by molar-refractivity contribution is 7.97. The number of thiophene rings is 2. The van der Waals surface area contributed by atoms with E-state index in [0.717, 1.165) is 103 Å². The standard InChI is InChI=1S/C62H44N8S.C52H47NO4S3/c1-37-25-29-49-45(33-37)46-34-38(2)26-30-50(46)69(49)54-53(60-65-56(41-17-9-5-10-18-41)63-57(66-60)42-19-11-6-12-20-42)55(61-67-58(43-21-13-7-14-22-43)64-59(68-61)44-23-15-8-16-24-44)71-62(54)70-51-31-27-39(3)35-47(51)48-36-40(4)28-32-52(48)70;1-50(2,3)32-22-24-34-36(28-32)37-29-33(51(4,5)6)23-25-35(37)48(34)49-42(53-40-17-11-9-15-38(40)52(7,8)39-16-10-12-18-41(39)53)30-43(58-49)31-21-26-46-47(27-31)60(56,57)45-20-14-13-19-44(45)59(46,54)55/h5-36H,1-4H3;9-30,48H,1-8H3. The molecule has 0 atom stereocenters. The Labute approximate surface area is 770 Å². The van der Waals surface area contributed by atoms with Crippen LogP contribution in [0.3, 0.4) is 0 Å². The summed E-state index contributed by atoms with van der Waals surface area (Å²) in [6, 6.07) is 112. The van der Waals surface area contributed by atoms with Gasteiger partial charge in [-0.25, -0.2) is 46.7 Å². The van der Waals surface area contributed by atoms with Gasteiger partial charge in [0, 0.05) is 64.9 Å². The molecular weight excluding hydrogens is 1690 g/mol. The number of aromatic nitrogens is 8. The predicted molar refractivity (Wildman–Crippen MR) is 535 cm³/mol. The van der Waals surface area contributed by atoms with Crippen LogP contribution in [0, 0.1) is 27.7 Å². The lowest BCUT2D eigenvalue weighted by atomic mass is 9.73. The van der Waals surface area contributed by atoms with Gasteiger partial charge in [0.25, 0.3) is 0 Å². The molecule has 0 fully saturated rings. The summed E-state index contributed by atoms with van der Waals surface area (Å²) < 4.78 is 61.1. The maximum absolute atomic E-state index is 14.2. The van der Waals surface area contributed by atoms with Gasteiger partial charge in [-0.3, -0.25) is 4.57 Å². The summed E-state index contributed by atoms with van der Waals surface area (Å²) in [6.45, 7) is 26.8. The van der Waals surface area contributed by atoms with E-state index < -0.39 is 19.7 Å². The quantitative estimate of drug-likeness (QED) is 0.121. The molecule has 0 saturated carbocycles. The number of fused-ring (bicyclic) bond motifs is 13. The van der Waals surface area contributed by atoms with Crippen molar-refractivity contribution in [2.75, 3.05) is 4.90 Å². The Hall–Kier alpha value is -14.2. The second-order valence-electron chi connectivity index (χ2n) is 37.3. The molecule has 6 aromatic heterocycles. The van der Waals surface area contributed by atoms with Crippen molar-refractivity contribution >= 4 is 103 Å². The Balaban J connectivity index is 0.000000156. The zero-order chi connectivity index (χ0) is 90.1. The molecule has 13 nitrogen and oxygen atoms in total. The zero-order valence-corrected chi connectivity index (χ0v) is 77.8. The highest BCUT2D eigenvalue weighted by Gasteiger charge is 2.44. The molecule has 17 heteroatoms. The summed E-state index contributed by atoms with van der Waals surface area (Å²) in [5.74, 6) is 3.11. The van der Waals surface area contributed by atoms with Crippen molar-refractivity contribution in [2.24, 2.45) is 0 Å². The number of hydrogen-bond donors (Lipinski definition) is 0. The molecule has 1 aliphatic carbocycles. The average molecular weight is 1780 g/mol. The fraction of sp³-hybridized carbons (Fsp3) is 0.140. The van der Waals surface area contributed by atoms with Crippen molar-refractivity contribution in [1.82, 2.24) is 39.0 Å². The monoisotopic (exact) mass is 1780 g/mol. The third-order valence-electron chi connectivity index (χ3n) is 26.1. The lowest BCUT2D eigenvalue weighted by Gasteiger charge is -2.42. The first-order valence-electron chi connectivity index (χ1n) is 44.2. The molecule has 3 aliphatic rings. The molecule has 0 unspecified atom stereocenters. The molecule has 0 radical (unpaired) electrons. The number of sulfone groups is 2. The van der Waals surface area contributed by atoms with Gasteiger partial charge in [-0.1, -0.05) is 314 Å². The van der Waals surface area contributed by atoms with Crippen molar-refractivity contribution in [3.63, 3.8) is 0 Å². The molecule has 20 aromatic rings. The van der Waals surface area contributed by atoms with Crippen molar-refractivity contribution in [1.29, 1.82) is 0 Å². The molecule has 14 aromatic carbocycles. The number of aryl methyl sites for hydroxylation is 4. The van der Waals surface area contributed by atoms with E-state index in [4.69, 9.17) is 29.9 Å². The van der Waals surface area contributed by atoms with Crippen LogP contribution in [0.5, 0.6) is 0 Å². The number of benzene rings is 14. The molecule has 0 amide bonds. The predicted octanol–water partition coefficient (Wildman–Crippen LogP) is 28.8. The first kappa shape index (κ1) is 82.5. The van der Waals surface area contributed by atoms with Gasteiger partial charge in [-0.2, -0.15) is 0 Å². The Bertz CT molecular complexity index is 8020. The second kappa shape index (κ2) is 31.0. The Morgan fingerprint density at radius 1 is 0.328 bits per heavy atom. The molecule has 0 bridgehead atoms. The van der Waals surface area contributed by atoms with Crippen LogP contribution in [-0.4, -0.2) is 55.9 Å². The van der Waals surface area contributed by atoms with Crippen LogP contribution < -0.4 is 4.90 Å². The number of para-hydroxylation sites is 2. The van der Waals surface area contributed by atoms with Crippen LogP contribution in [-0.2, 0) is 35.9 Å². The lowest BCUT2D eigenvalue weighted by Crippen LogP contribution is -2.30. The fourth-order valence-electron chi connectivity index (χ4n) is 19.5. The van der Waals surface area contributed by atoms with E-state index in [2.05, 4.69) is 309 Å². The van der Waals surface area contributed by atoms with Crippen LogP contribution in [0.4, 0.5) is 17.1 Å². The van der Waals surface area contributed by atoms with Crippen LogP contribution in [0.2, 0.25) is 0 Å². The molecule has 0 spiro atoms. The summed E-state index contributed by atoms with van der Waals surface area (Å²) in [5.41, 5.74) is 27.6. The second-order valence-corrected chi connectivity index (χ2v) is 43.2. The summed E-state index contributed by atoms with van der Waals surface area (Å²) in [5, 5.41) is 5.63. The lowest BCUT2D eigenvalue weighted by molar-refractivity contribution is 0.570. The highest BCUT2D eigenvalue weighted by atomic mass is 32.2. The molecule has 640 valence electrons. The molecule has 0 saturated heterocycles. The Kier molecular flexibility index (Phi) is 19.5. The maximum Gasteiger partial charge on any atom is 0.209 e. The maximum atomic E-state index is 14.2. The third-order valence-corrected chi connectivity index (χ3v) is 32.5. The normalized spacial score (nSPS) is 14.1. The first-order valence-corrected chi connectivity index (χ1v) is 48.8. The Morgan fingerprint density at radius 3 is 1.11 bits per heavy atom. The van der Waals surface area contributed by atoms with Crippen molar-refractivity contribution < 1.29 is 16.8 Å². The third kappa shape index (κ3) is 13.8. The number of rotatable bonds is 11. The minimum Gasteiger partial charge on any atom is -0.309 e. The van der Waals surface area contributed by atoms with Crippen molar-refractivity contribution in [3.8, 4) is 99.9 Å².